The van der Waals surface area contributed by atoms with Crippen LogP contribution < -0.4 is 0 Å². The zero-order chi connectivity index (χ0) is 7.21. The molecule has 0 aromatic heterocycles. The lowest BCUT2D eigenvalue weighted by Crippen LogP contribution is -1.86. The Balaban J connectivity index is 0. The lowest BCUT2D eigenvalue weighted by Gasteiger charge is -1.87. The monoisotopic (exact) mass is 228 g/mol. The minimum absolute atomic E-state index is 1.06. The van der Waals surface area contributed by atoms with Crippen molar-refractivity contribution in [2.45, 2.75) is 11.8 Å². The van der Waals surface area contributed by atoms with E-state index in [0.717, 1.165) is 5.33 Å². The molecule has 0 aromatic carbocycles. The van der Waals surface area contributed by atoms with E-state index in [1.165, 1.54) is 0 Å². The molecule has 0 atom stereocenters. The predicted octanol–water partition coefficient (Wildman–Crippen LogP) is 3.42. The molecular weight excluding hydrogens is 225 g/mol. The average Bonchev–Trinajstić information content (AvgIpc) is 1.27. The Morgan fingerprint density at radius 1 is 1.50 bits per heavy atom. The lowest BCUT2D eigenvalue weighted by molar-refractivity contribution is 0.194. The first-order valence-electron chi connectivity index (χ1n) is 1.73. The second kappa shape index (κ2) is 6.05. The molecule has 8 heavy (non-hydrogen) atoms. The standard InChI is InChI=1S/C2H5Br.CCl2F2/c1-2-3;2-1(3,4)5/h2H2,1H3;. The summed E-state index contributed by atoms with van der Waals surface area (Å²) >= 11 is 11.1. The van der Waals surface area contributed by atoms with Crippen LogP contribution in [0.3, 0.4) is 0 Å². The van der Waals surface area contributed by atoms with E-state index in [1.807, 2.05) is 6.92 Å². The third-order valence-corrected chi connectivity index (χ3v) is 0. The van der Waals surface area contributed by atoms with E-state index >= 15 is 0 Å². The fraction of sp³-hybridized carbons (Fsp3) is 1.00. The van der Waals surface area contributed by atoms with Crippen molar-refractivity contribution in [3.63, 3.8) is 0 Å². The van der Waals surface area contributed by atoms with Gasteiger partial charge in [0.25, 0.3) is 0 Å². The van der Waals surface area contributed by atoms with E-state index in [0.29, 0.717) is 0 Å². The highest BCUT2D eigenvalue weighted by Gasteiger charge is 2.17. The second-order valence-corrected chi connectivity index (χ2v) is 2.96. The molecule has 0 radical (unpaired) electrons. The number of hydrogen-bond donors (Lipinski definition) is 0. The molecule has 0 aromatic rings. The summed E-state index contributed by atoms with van der Waals surface area (Å²) in [6.45, 7) is 2.04. The lowest BCUT2D eigenvalue weighted by atomic mass is 11.0. The first-order chi connectivity index (χ1) is 3.41. The van der Waals surface area contributed by atoms with Crippen LogP contribution in [0.2, 0.25) is 0 Å². The highest BCUT2D eigenvalue weighted by atomic mass is 79.9. The van der Waals surface area contributed by atoms with Crippen LogP contribution in [0.25, 0.3) is 0 Å². The summed E-state index contributed by atoms with van der Waals surface area (Å²) in [6, 6.07) is 0. The second-order valence-electron chi connectivity index (χ2n) is 0.696. The highest BCUT2D eigenvalue weighted by Crippen LogP contribution is 2.22. The number of alkyl halides is 5. The van der Waals surface area contributed by atoms with Gasteiger partial charge < -0.3 is 0 Å². The predicted molar refractivity (Wildman–Crippen MR) is 36.1 cm³/mol. The normalized spacial score (nSPS) is 9.75. The van der Waals surface area contributed by atoms with Crippen molar-refractivity contribution in [1.82, 2.24) is 0 Å². The minimum Gasteiger partial charge on any atom is -0.172 e. The summed E-state index contributed by atoms with van der Waals surface area (Å²) in [4.78, 5) is -3.56. The Morgan fingerprint density at radius 2 is 1.50 bits per heavy atom. The SMILES string of the molecule is CCBr.FC(F)(Cl)Cl. The first kappa shape index (κ1) is 11.7. The average molecular weight is 230 g/mol. The summed E-state index contributed by atoms with van der Waals surface area (Å²) in [6.07, 6.45) is 0. The third kappa shape index (κ3) is 287. The van der Waals surface area contributed by atoms with E-state index in [4.69, 9.17) is 0 Å². The van der Waals surface area contributed by atoms with Gasteiger partial charge in [0.15, 0.2) is 0 Å². The molecule has 0 aliphatic carbocycles. The molecule has 0 N–H and O–H groups in total. The van der Waals surface area contributed by atoms with Crippen LogP contribution in [-0.4, -0.2) is 10.2 Å². The Hall–Kier alpha value is 0.920. The van der Waals surface area contributed by atoms with Crippen LogP contribution in [0.5, 0.6) is 0 Å². The van der Waals surface area contributed by atoms with Crippen LogP contribution in [0, 0.1) is 0 Å². The smallest absolute Gasteiger partial charge is 0.172 e. The van der Waals surface area contributed by atoms with Gasteiger partial charge in [-0.3, -0.25) is 0 Å². The molecule has 0 rings (SSSR count). The summed E-state index contributed by atoms with van der Waals surface area (Å²) in [5, 5.41) is 1.06. The zero-order valence-electron chi connectivity index (χ0n) is 4.10. The maximum absolute atomic E-state index is 10.6. The Morgan fingerprint density at radius 3 is 1.50 bits per heavy atom. The third-order valence-electron chi connectivity index (χ3n) is 0. The molecule has 0 fully saturated rings. The molecule has 52 valence electrons. The molecule has 0 saturated heterocycles. The molecule has 0 unspecified atom stereocenters. The van der Waals surface area contributed by atoms with Gasteiger partial charge >= 0.3 is 4.84 Å². The van der Waals surface area contributed by atoms with Crippen LogP contribution in [0.1, 0.15) is 6.92 Å². The fourth-order valence-electron chi connectivity index (χ4n) is 0. The van der Waals surface area contributed by atoms with E-state index in [1.54, 1.807) is 0 Å². The first-order valence-corrected chi connectivity index (χ1v) is 3.61. The summed E-state index contributed by atoms with van der Waals surface area (Å²) < 4.78 is 21.1. The minimum atomic E-state index is -3.56. The number of halogens is 5. The molecule has 0 amide bonds. The maximum atomic E-state index is 10.6. The summed E-state index contributed by atoms with van der Waals surface area (Å²) in [7, 11) is 0. The van der Waals surface area contributed by atoms with Crippen LogP contribution in [0.15, 0.2) is 0 Å². The van der Waals surface area contributed by atoms with Crippen molar-refractivity contribution < 1.29 is 8.78 Å². The molecular formula is C3H5BrCl2F2. The quantitative estimate of drug-likeness (QED) is 0.559. The van der Waals surface area contributed by atoms with Crippen LogP contribution in [-0.2, 0) is 0 Å². The largest absolute Gasteiger partial charge is 0.401 e. The summed E-state index contributed by atoms with van der Waals surface area (Å²) in [5.74, 6) is 0. The van der Waals surface area contributed by atoms with Gasteiger partial charge in [-0.05, 0) is 23.2 Å². The van der Waals surface area contributed by atoms with E-state index in [-0.39, 0.29) is 0 Å². The van der Waals surface area contributed by atoms with Gasteiger partial charge in [0.05, 0.1) is 0 Å². The van der Waals surface area contributed by atoms with Gasteiger partial charge in [0.1, 0.15) is 0 Å². The molecule has 5 heteroatoms. The molecule has 0 bridgehead atoms. The van der Waals surface area contributed by atoms with E-state index < -0.39 is 4.84 Å². The molecule has 0 nitrogen and oxygen atoms in total. The van der Waals surface area contributed by atoms with Crippen molar-refractivity contribution >= 4 is 39.1 Å². The van der Waals surface area contributed by atoms with Gasteiger partial charge in [-0.1, -0.05) is 22.9 Å². The van der Waals surface area contributed by atoms with Crippen LogP contribution >= 0.6 is 39.1 Å². The van der Waals surface area contributed by atoms with Crippen molar-refractivity contribution in [2.75, 3.05) is 5.33 Å². The Kier molecular flexibility index (Phi) is 8.83. The fourth-order valence-corrected chi connectivity index (χ4v) is 0. The van der Waals surface area contributed by atoms with Gasteiger partial charge in [0.2, 0.25) is 0 Å². The zero-order valence-corrected chi connectivity index (χ0v) is 7.19. The van der Waals surface area contributed by atoms with Crippen molar-refractivity contribution in [1.29, 1.82) is 0 Å². The topological polar surface area (TPSA) is 0 Å². The number of rotatable bonds is 0. The Bertz CT molecular complexity index is 39.0. The van der Waals surface area contributed by atoms with Gasteiger partial charge in [-0.2, -0.15) is 8.78 Å². The Labute approximate surface area is 65.3 Å². The van der Waals surface area contributed by atoms with Crippen LogP contribution in [0.4, 0.5) is 8.78 Å². The van der Waals surface area contributed by atoms with Gasteiger partial charge in [-0.25, -0.2) is 0 Å². The number of hydrogen-bond acceptors (Lipinski definition) is 0. The van der Waals surface area contributed by atoms with Crippen molar-refractivity contribution in [3.8, 4) is 0 Å². The van der Waals surface area contributed by atoms with Crippen molar-refractivity contribution in [2.24, 2.45) is 0 Å². The molecule has 0 saturated carbocycles. The molecule has 0 heterocycles. The summed E-state index contributed by atoms with van der Waals surface area (Å²) in [5.41, 5.74) is 0. The van der Waals surface area contributed by atoms with E-state index in [2.05, 4.69) is 39.1 Å². The van der Waals surface area contributed by atoms with Gasteiger partial charge in [-0.15, -0.1) is 0 Å². The molecule has 0 aliphatic heterocycles. The van der Waals surface area contributed by atoms with Crippen molar-refractivity contribution in [3.05, 3.63) is 0 Å². The molecule has 0 spiro atoms. The van der Waals surface area contributed by atoms with E-state index in [9.17, 15) is 8.78 Å². The highest BCUT2D eigenvalue weighted by molar-refractivity contribution is 9.09. The van der Waals surface area contributed by atoms with Gasteiger partial charge in [0, 0.05) is 5.33 Å². The maximum Gasteiger partial charge on any atom is 0.401 e. The molecule has 0 aliphatic rings.